The quantitative estimate of drug-likeness (QED) is 0.422. The number of fused-ring (bicyclic) bond motifs is 1. The number of ether oxygens (including phenoxy) is 3. The molecule has 32 heavy (non-hydrogen) atoms. The fraction of sp³-hybridized carbons (Fsp3) is 0.143. The summed E-state index contributed by atoms with van der Waals surface area (Å²) in [5.41, 5.74) is 0.180. The molecule has 0 unspecified atom stereocenters. The number of aromatic nitrogens is 2. The Hall–Kier alpha value is -4.12. The van der Waals surface area contributed by atoms with Gasteiger partial charge in [-0.1, -0.05) is 0 Å². The minimum absolute atomic E-state index is 0.0245. The lowest BCUT2D eigenvalue weighted by Crippen LogP contribution is -2.17. The fourth-order valence-corrected chi connectivity index (χ4v) is 3.66. The van der Waals surface area contributed by atoms with E-state index in [1.807, 2.05) is 0 Å². The van der Waals surface area contributed by atoms with Gasteiger partial charge >= 0.3 is 5.97 Å². The highest BCUT2D eigenvalue weighted by molar-refractivity contribution is 7.15. The van der Waals surface area contributed by atoms with Crippen molar-refractivity contribution in [3.8, 4) is 11.5 Å². The molecule has 0 radical (unpaired) electrons. The third kappa shape index (κ3) is 4.18. The van der Waals surface area contributed by atoms with E-state index in [2.05, 4.69) is 10.3 Å². The molecule has 164 valence electrons. The highest BCUT2D eigenvalue weighted by Gasteiger charge is 2.21. The van der Waals surface area contributed by atoms with Gasteiger partial charge < -0.3 is 23.9 Å². The van der Waals surface area contributed by atoms with Gasteiger partial charge in [-0.2, -0.15) is 0 Å². The van der Waals surface area contributed by atoms with Crippen LogP contribution in [0.3, 0.4) is 0 Å². The summed E-state index contributed by atoms with van der Waals surface area (Å²) in [5.74, 6) is -0.681. The molecule has 0 aliphatic carbocycles. The SMILES string of the molecule is COc1cc(NC(=O)c2ccco2)c(C(=O)OCc2cc(=O)n3ccsc3n2)cc1OC. The van der Waals surface area contributed by atoms with Crippen LogP contribution in [0.5, 0.6) is 11.5 Å². The predicted octanol–water partition coefficient (Wildman–Crippen LogP) is 2.98. The summed E-state index contributed by atoms with van der Waals surface area (Å²) in [6.07, 6.45) is 2.97. The Labute approximate surface area is 185 Å². The smallest absolute Gasteiger partial charge is 0.340 e. The van der Waals surface area contributed by atoms with Crippen LogP contribution in [0.15, 0.2) is 57.4 Å². The van der Waals surface area contributed by atoms with Crippen molar-refractivity contribution < 1.29 is 28.2 Å². The maximum atomic E-state index is 12.9. The summed E-state index contributed by atoms with van der Waals surface area (Å²) in [4.78, 5) is 42.2. The number of hydrogen-bond acceptors (Lipinski definition) is 9. The summed E-state index contributed by atoms with van der Waals surface area (Å²) < 4.78 is 22.4. The van der Waals surface area contributed by atoms with Crippen molar-refractivity contribution in [2.75, 3.05) is 19.5 Å². The van der Waals surface area contributed by atoms with Crippen molar-refractivity contribution in [3.05, 3.63) is 75.5 Å². The van der Waals surface area contributed by atoms with Gasteiger partial charge in [0, 0.05) is 29.8 Å². The van der Waals surface area contributed by atoms with Crippen LogP contribution in [-0.4, -0.2) is 35.5 Å². The second kappa shape index (κ2) is 8.94. The number of amides is 1. The van der Waals surface area contributed by atoms with Crippen LogP contribution in [0.25, 0.3) is 4.96 Å². The van der Waals surface area contributed by atoms with Gasteiger partial charge in [0.2, 0.25) is 0 Å². The minimum atomic E-state index is -0.756. The Bertz CT molecular complexity index is 1340. The number of anilines is 1. The van der Waals surface area contributed by atoms with Crippen molar-refractivity contribution in [3.63, 3.8) is 0 Å². The van der Waals surface area contributed by atoms with E-state index >= 15 is 0 Å². The molecule has 10 nitrogen and oxygen atoms in total. The van der Waals surface area contributed by atoms with Gasteiger partial charge in [-0.05, 0) is 12.1 Å². The molecule has 1 N–H and O–H groups in total. The van der Waals surface area contributed by atoms with E-state index in [1.165, 1.54) is 60.5 Å². The number of hydrogen-bond donors (Lipinski definition) is 1. The van der Waals surface area contributed by atoms with Gasteiger partial charge in [0.05, 0.1) is 37.4 Å². The molecule has 0 atom stereocenters. The molecule has 0 spiro atoms. The Morgan fingerprint density at radius 2 is 1.97 bits per heavy atom. The zero-order valence-corrected chi connectivity index (χ0v) is 17.8. The molecule has 1 amide bonds. The number of carbonyl (C=O) groups excluding carboxylic acids is 2. The first-order chi connectivity index (χ1) is 15.5. The number of rotatable bonds is 7. The van der Waals surface area contributed by atoms with Gasteiger partial charge in [0.15, 0.2) is 22.2 Å². The normalized spacial score (nSPS) is 10.7. The third-order valence-corrected chi connectivity index (χ3v) is 5.20. The summed E-state index contributed by atoms with van der Waals surface area (Å²) in [7, 11) is 2.85. The molecule has 3 aromatic heterocycles. The summed E-state index contributed by atoms with van der Waals surface area (Å²) in [6.45, 7) is -0.234. The molecule has 3 heterocycles. The van der Waals surface area contributed by atoms with Crippen LogP contribution in [-0.2, 0) is 11.3 Å². The van der Waals surface area contributed by atoms with Crippen molar-refractivity contribution in [2.45, 2.75) is 6.61 Å². The lowest BCUT2D eigenvalue weighted by atomic mass is 10.1. The summed E-state index contributed by atoms with van der Waals surface area (Å²) in [5, 5.41) is 4.34. The zero-order valence-electron chi connectivity index (χ0n) is 17.0. The Kier molecular flexibility index (Phi) is 5.90. The molecule has 1 aromatic carbocycles. The Morgan fingerprint density at radius 3 is 2.69 bits per heavy atom. The molecule has 4 aromatic rings. The van der Waals surface area contributed by atoms with Crippen molar-refractivity contribution in [1.82, 2.24) is 9.38 Å². The van der Waals surface area contributed by atoms with Crippen LogP contribution in [0.2, 0.25) is 0 Å². The van der Waals surface area contributed by atoms with E-state index < -0.39 is 11.9 Å². The van der Waals surface area contributed by atoms with E-state index in [4.69, 9.17) is 18.6 Å². The van der Waals surface area contributed by atoms with E-state index in [0.29, 0.717) is 16.4 Å². The summed E-state index contributed by atoms with van der Waals surface area (Å²) in [6, 6.07) is 7.18. The minimum Gasteiger partial charge on any atom is -0.493 e. The number of nitrogens with zero attached hydrogens (tertiary/aromatic N) is 2. The molecule has 0 aliphatic heterocycles. The second-order valence-electron chi connectivity index (χ2n) is 6.40. The van der Waals surface area contributed by atoms with Gasteiger partial charge in [-0.3, -0.25) is 14.0 Å². The highest BCUT2D eigenvalue weighted by Crippen LogP contribution is 2.34. The van der Waals surface area contributed by atoms with E-state index in [1.54, 1.807) is 17.6 Å². The predicted molar refractivity (Wildman–Crippen MR) is 115 cm³/mol. The van der Waals surface area contributed by atoms with Crippen molar-refractivity contribution in [2.24, 2.45) is 0 Å². The van der Waals surface area contributed by atoms with Gasteiger partial charge in [-0.15, -0.1) is 11.3 Å². The molecule has 0 saturated carbocycles. The first-order valence-electron chi connectivity index (χ1n) is 9.24. The summed E-state index contributed by atoms with van der Waals surface area (Å²) >= 11 is 1.29. The number of nitrogens with one attached hydrogen (secondary N) is 1. The second-order valence-corrected chi connectivity index (χ2v) is 7.27. The van der Waals surface area contributed by atoms with Crippen LogP contribution in [0.1, 0.15) is 26.6 Å². The maximum Gasteiger partial charge on any atom is 0.340 e. The van der Waals surface area contributed by atoms with Gasteiger partial charge in [-0.25, -0.2) is 9.78 Å². The van der Waals surface area contributed by atoms with E-state index in [-0.39, 0.29) is 34.9 Å². The number of thiazole rings is 1. The Morgan fingerprint density at radius 1 is 1.19 bits per heavy atom. The average molecular weight is 455 g/mol. The monoisotopic (exact) mass is 455 g/mol. The molecule has 11 heteroatoms. The first-order valence-corrected chi connectivity index (χ1v) is 10.1. The molecule has 0 bridgehead atoms. The van der Waals surface area contributed by atoms with Crippen LogP contribution in [0.4, 0.5) is 5.69 Å². The fourth-order valence-electron chi connectivity index (χ4n) is 2.92. The van der Waals surface area contributed by atoms with Crippen LogP contribution in [0, 0.1) is 0 Å². The number of benzene rings is 1. The Balaban J connectivity index is 1.61. The topological polar surface area (TPSA) is 121 Å². The number of carbonyl (C=O) groups is 2. The average Bonchev–Trinajstić information content (AvgIpc) is 3.49. The molecule has 0 fully saturated rings. The van der Waals surface area contributed by atoms with Crippen molar-refractivity contribution >= 4 is 33.9 Å². The first kappa shape index (κ1) is 21.1. The van der Waals surface area contributed by atoms with Crippen LogP contribution >= 0.6 is 11.3 Å². The number of esters is 1. The molecule has 0 aliphatic rings. The van der Waals surface area contributed by atoms with Gasteiger partial charge in [0.25, 0.3) is 11.5 Å². The molecule has 4 rings (SSSR count). The lowest BCUT2D eigenvalue weighted by Gasteiger charge is -2.15. The number of methoxy groups -OCH3 is 2. The molecule has 0 saturated heterocycles. The standard InChI is InChI=1S/C21H17N3O7S/c1-28-16-9-13(14(10-17(16)29-2)23-19(26)15-4-3-6-30-15)20(27)31-11-12-8-18(25)24-5-7-32-21(24)22-12/h3-10H,11H2,1-2H3,(H,23,26). The van der Waals surface area contributed by atoms with Crippen LogP contribution < -0.4 is 20.3 Å². The zero-order chi connectivity index (χ0) is 22.7. The number of furan rings is 1. The lowest BCUT2D eigenvalue weighted by molar-refractivity contribution is 0.0468. The molecular weight excluding hydrogens is 438 g/mol. The van der Waals surface area contributed by atoms with E-state index in [0.717, 1.165) is 0 Å². The van der Waals surface area contributed by atoms with Gasteiger partial charge in [0.1, 0.15) is 6.61 Å². The third-order valence-electron chi connectivity index (χ3n) is 4.44. The largest absolute Gasteiger partial charge is 0.493 e. The van der Waals surface area contributed by atoms with E-state index in [9.17, 15) is 14.4 Å². The maximum absolute atomic E-state index is 12.9. The molecular formula is C21H17N3O7S. The highest BCUT2D eigenvalue weighted by atomic mass is 32.1. The van der Waals surface area contributed by atoms with Crippen molar-refractivity contribution in [1.29, 1.82) is 0 Å².